The van der Waals surface area contributed by atoms with Crippen LogP contribution in [0.1, 0.15) is 17.5 Å². The Morgan fingerprint density at radius 1 is 1.12 bits per heavy atom. The predicted molar refractivity (Wildman–Crippen MR) is 103 cm³/mol. The number of aromatic nitrogens is 1. The molecular formula is C21H21N3O. The summed E-state index contributed by atoms with van der Waals surface area (Å²) >= 11 is 0. The molecule has 0 radical (unpaired) electrons. The summed E-state index contributed by atoms with van der Waals surface area (Å²) in [6, 6.07) is 16.1. The zero-order chi connectivity index (χ0) is 17.2. The fourth-order valence-corrected chi connectivity index (χ4v) is 3.34. The van der Waals surface area contributed by atoms with Crippen LogP contribution in [0.4, 0.5) is 10.5 Å². The number of rotatable bonds is 2. The van der Waals surface area contributed by atoms with Gasteiger partial charge in [0.1, 0.15) is 0 Å². The van der Waals surface area contributed by atoms with Gasteiger partial charge in [0.25, 0.3) is 0 Å². The maximum atomic E-state index is 12.5. The molecule has 1 aromatic heterocycles. The Morgan fingerprint density at radius 2 is 1.92 bits per heavy atom. The van der Waals surface area contributed by atoms with E-state index >= 15 is 0 Å². The van der Waals surface area contributed by atoms with Gasteiger partial charge in [-0.1, -0.05) is 42.5 Å². The number of carbonyl (C=O) groups excluding carboxylic acids is 1. The number of H-pyrrole nitrogens is 1. The highest BCUT2D eigenvalue weighted by atomic mass is 16.2. The van der Waals surface area contributed by atoms with Crippen LogP contribution >= 0.6 is 0 Å². The number of nitrogens with one attached hydrogen (secondary N) is 2. The average molecular weight is 331 g/mol. The lowest BCUT2D eigenvalue weighted by molar-refractivity contribution is 0.217. The Kier molecular flexibility index (Phi) is 4.02. The molecule has 4 heteroatoms. The second kappa shape index (κ2) is 6.48. The molecule has 3 aromatic rings. The van der Waals surface area contributed by atoms with Crippen molar-refractivity contribution in [3.05, 3.63) is 71.9 Å². The third kappa shape index (κ3) is 3.03. The summed E-state index contributed by atoms with van der Waals surface area (Å²) in [4.78, 5) is 17.7. The highest BCUT2D eigenvalue weighted by Crippen LogP contribution is 2.29. The first-order chi connectivity index (χ1) is 12.2. The van der Waals surface area contributed by atoms with E-state index in [1.807, 2.05) is 42.2 Å². The fourth-order valence-electron chi connectivity index (χ4n) is 3.34. The minimum atomic E-state index is -0.0384. The van der Waals surface area contributed by atoms with Crippen LogP contribution in [-0.2, 0) is 0 Å². The molecule has 2 aromatic carbocycles. The lowest BCUT2D eigenvalue weighted by Gasteiger charge is -2.27. The van der Waals surface area contributed by atoms with Crippen molar-refractivity contribution >= 4 is 28.2 Å². The number of carbonyl (C=O) groups is 1. The number of hydrogen-bond donors (Lipinski definition) is 2. The fraction of sp³-hybridized carbons (Fsp3) is 0.190. The van der Waals surface area contributed by atoms with E-state index in [1.54, 1.807) is 0 Å². The van der Waals surface area contributed by atoms with Gasteiger partial charge in [0.2, 0.25) is 0 Å². The number of amides is 2. The first-order valence-corrected chi connectivity index (χ1v) is 8.59. The van der Waals surface area contributed by atoms with Gasteiger partial charge in [0.15, 0.2) is 0 Å². The molecule has 0 spiro atoms. The zero-order valence-electron chi connectivity index (χ0n) is 14.3. The average Bonchev–Trinajstić information content (AvgIpc) is 3.08. The second-order valence-electron chi connectivity index (χ2n) is 6.42. The lowest BCUT2D eigenvalue weighted by atomic mass is 9.99. The number of fused-ring (bicyclic) bond motifs is 1. The number of benzene rings is 2. The molecule has 0 fully saturated rings. The summed E-state index contributed by atoms with van der Waals surface area (Å²) in [7, 11) is 0. The van der Waals surface area contributed by atoms with E-state index in [9.17, 15) is 4.79 Å². The third-order valence-electron chi connectivity index (χ3n) is 4.82. The van der Waals surface area contributed by atoms with Crippen molar-refractivity contribution in [2.24, 2.45) is 0 Å². The molecular weight excluding hydrogens is 310 g/mol. The molecule has 0 saturated carbocycles. The highest BCUT2D eigenvalue weighted by molar-refractivity contribution is 5.94. The molecule has 4 rings (SSSR count). The number of nitrogens with zero attached hydrogens (tertiary/aromatic N) is 1. The van der Waals surface area contributed by atoms with Crippen molar-refractivity contribution in [3.63, 3.8) is 0 Å². The van der Waals surface area contributed by atoms with E-state index in [0.29, 0.717) is 6.54 Å². The van der Waals surface area contributed by atoms with Crippen molar-refractivity contribution in [2.75, 3.05) is 18.4 Å². The maximum absolute atomic E-state index is 12.5. The summed E-state index contributed by atoms with van der Waals surface area (Å²) < 4.78 is 0. The standard InChI is InChI=1S/C21H21N3O/c1-15-6-2-4-8-19(15)23-21(25)24-12-10-16(11-13-24)18-14-22-20-9-5-3-7-17(18)20/h2-10,14,22H,11-13H2,1H3,(H,23,25). The topological polar surface area (TPSA) is 48.1 Å². The van der Waals surface area contributed by atoms with Gasteiger partial charge in [0.05, 0.1) is 0 Å². The Bertz CT molecular complexity index is 954. The molecule has 2 amide bonds. The minimum Gasteiger partial charge on any atom is -0.361 e. The number of hydrogen-bond acceptors (Lipinski definition) is 1. The van der Waals surface area contributed by atoms with Crippen molar-refractivity contribution in [1.29, 1.82) is 0 Å². The van der Waals surface area contributed by atoms with Gasteiger partial charge >= 0.3 is 6.03 Å². The molecule has 126 valence electrons. The quantitative estimate of drug-likeness (QED) is 0.696. The first-order valence-electron chi connectivity index (χ1n) is 8.59. The van der Waals surface area contributed by atoms with Gasteiger partial charge in [-0.15, -0.1) is 0 Å². The van der Waals surface area contributed by atoms with Gasteiger partial charge in [-0.05, 0) is 36.6 Å². The Morgan fingerprint density at radius 3 is 2.72 bits per heavy atom. The van der Waals surface area contributed by atoms with Crippen LogP contribution in [0.15, 0.2) is 60.8 Å². The van der Waals surface area contributed by atoms with Crippen LogP contribution in [0, 0.1) is 6.92 Å². The summed E-state index contributed by atoms with van der Waals surface area (Å²) in [6.07, 6.45) is 5.10. The molecule has 2 N–H and O–H groups in total. The molecule has 0 atom stereocenters. The summed E-state index contributed by atoms with van der Waals surface area (Å²) in [5.41, 5.74) is 5.65. The van der Waals surface area contributed by atoms with Crippen LogP contribution in [0.2, 0.25) is 0 Å². The van der Waals surface area contributed by atoms with Crippen LogP contribution in [0.25, 0.3) is 16.5 Å². The van der Waals surface area contributed by atoms with E-state index in [1.165, 1.54) is 16.5 Å². The number of aromatic amines is 1. The summed E-state index contributed by atoms with van der Waals surface area (Å²) in [6.45, 7) is 3.36. The smallest absolute Gasteiger partial charge is 0.322 e. The molecule has 1 aliphatic rings. The molecule has 0 aliphatic carbocycles. The van der Waals surface area contributed by atoms with E-state index < -0.39 is 0 Å². The van der Waals surface area contributed by atoms with E-state index in [-0.39, 0.29) is 6.03 Å². The highest BCUT2D eigenvalue weighted by Gasteiger charge is 2.19. The van der Waals surface area contributed by atoms with Gasteiger partial charge in [-0.2, -0.15) is 0 Å². The summed E-state index contributed by atoms with van der Waals surface area (Å²) in [5, 5.41) is 4.25. The SMILES string of the molecule is Cc1ccccc1NC(=O)N1CC=C(c2c[nH]c3ccccc23)CC1. The molecule has 0 unspecified atom stereocenters. The van der Waals surface area contributed by atoms with Crippen LogP contribution < -0.4 is 5.32 Å². The monoisotopic (exact) mass is 331 g/mol. The molecule has 1 aliphatic heterocycles. The maximum Gasteiger partial charge on any atom is 0.322 e. The summed E-state index contributed by atoms with van der Waals surface area (Å²) in [5.74, 6) is 0. The van der Waals surface area contributed by atoms with Crippen LogP contribution in [-0.4, -0.2) is 29.0 Å². The van der Waals surface area contributed by atoms with Gasteiger partial charge in [0, 0.05) is 41.4 Å². The number of anilines is 1. The van der Waals surface area contributed by atoms with Gasteiger partial charge < -0.3 is 15.2 Å². The molecule has 4 nitrogen and oxygen atoms in total. The predicted octanol–water partition coefficient (Wildman–Crippen LogP) is 4.80. The third-order valence-corrected chi connectivity index (χ3v) is 4.82. The largest absolute Gasteiger partial charge is 0.361 e. The molecule has 2 heterocycles. The van der Waals surface area contributed by atoms with Crippen LogP contribution in [0.5, 0.6) is 0 Å². The zero-order valence-corrected chi connectivity index (χ0v) is 14.3. The van der Waals surface area contributed by atoms with Crippen molar-refractivity contribution in [1.82, 2.24) is 9.88 Å². The van der Waals surface area contributed by atoms with E-state index in [4.69, 9.17) is 0 Å². The van der Waals surface area contributed by atoms with Crippen LogP contribution in [0.3, 0.4) is 0 Å². The Balaban J connectivity index is 1.48. The van der Waals surface area contributed by atoms with Gasteiger partial charge in [-0.25, -0.2) is 4.79 Å². The number of aryl methyl sites for hydroxylation is 1. The van der Waals surface area contributed by atoms with Crippen molar-refractivity contribution < 1.29 is 4.79 Å². The first kappa shape index (κ1) is 15.5. The second-order valence-corrected chi connectivity index (χ2v) is 6.42. The van der Waals surface area contributed by atoms with Gasteiger partial charge in [-0.3, -0.25) is 0 Å². The molecule has 0 bridgehead atoms. The number of para-hydroxylation sites is 2. The van der Waals surface area contributed by atoms with E-state index in [2.05, 4.69) is 40.8 Å². The van der Waals surface area contributed by atoms with E-state index in [0.717, 1.165) is 29.7 Å². The Labute approximate surface area is 147 Å². The minimum absolute atomic E-state index is 0.0384. The lowest BCUT2D eigenvalue weighted by Crippen LogP contribution is -2.38. The number of urea groups is 1. The molecule has 25 heavy (non-hydrogen) atoms. The molecule has 0 saturated heterocycles. The Hall–Kier alpha value is -3.01. The van der Waals surface area contributed by atoms with Crippen molar-refractivity contribution in [2.45, 2.75) is 13.3 Å². The normalized spacial score (nSPS) is 14.4. The van der Waals surface area contributed by atoms with Crippen molar-refractivity contribution in [3.8, 4) is 0 Å².